The summed E-state index contributed by atoms with van der Waals surface area (Å²) in [6.45, 7) is 0. The molecule has 1 rings (SSSR count). The lowest BCUT2D eigenvalue weighted by Gasteiger charge is -1.79. The van der Waals surface area contributed by atoms with E-state index in [-0.39, 0.29) is 7.43 Å². The molecule has 0 aliphatic heterocycles. The summed E-state index contributed by atoms with van der Waals surface area (Å²) >= 11 is 5.48. The predicted octanol–water partition coefficient (Wildman–Crippen LogP) is 2.37. The molecule has 1 heterocycles. The highest BCUT2D eigenvalue weighted by molar-refractivity contribution is 6.30. The van der Waals surface area contributed by atoms with E-state index in [0.717, 1.165) is 0 Å². The van der Waals surface area contributed by atoms with Gasteiger partial charge in [-0.15, -0.1) is 0 Å². The topological polar surface area (TPSA) is 12.9 Å². The maximum Gasteiger partial charge on any atom is 0.0589 e. The van der Waals surface area contributed by atoms with Crippen molar-refractivity contribution in [1.29, 1.82) is 0 Å². The Morgan fingerprint density at radius 2 is 2.25 bits per heavy atom. The Morgan fingerprint density at radius 3 is 2.50 bits per heavy atom. The van der Waals surface area contributed by atoms with Crippen LogP contribution in [0.3, 0.4) is 0 Å². The van der Waals surface area contributed by atoms with Gasteiger partial charge in [0.2, 0.25) is 0 Å². The molecule has 1 nitrogen and oxygen atoms in total. The van der Waals surface area contributed by atoms with Gasteiger partial charge in [-0.25, -0.2) is 0 Å². The molecule has 0 saturated heterocycles. The van der Waals surface area contributed by atoms with Crippen LogP contribution in [0.2, 0.25) is 5.02 Å². The lowest BCUT2D eigenvalue weighted by Crippen LogP contribution is -1.64. The van der Waals surface area contributed by atoms with Crippen molar-refractivity contribution < 1.29 is 0 Å². The number of nitrogens with zero attached hydrogens (tertiary/aromatic N) is 1. The van der Waals surface area contributed by atoms with Crippen LogP contribution >= 0.6 is 11.6 Å². The highest BCUT2D eigenvalue weighted by Gasteiger charge is 1.76. The van der Waals surface area contributed by atoms with Crippen LogP contribution in [0.15, 0.2) is 24.5 Å². The van der Waals surface area contributed by atoms with Gasteiger partial charge in [0.25, 0.3) is 0 Å². The molecule has 1 aromatic rings. The number of hydrogen-bond donors (Lipinski definition) is 0. The highest BCUT2D eigenvalue weighted by Crippen LogP contribution is 2.00. The number of halogens is 1. The van der Waals surface area contributed by atoms with Gasteiger partial charge < -0.3 is 0 Å². The van der Waals surface area contributed by atoms with Crippen LogP contribution in [-0.4, -0.2) is 4.98 Å². The van der Waals surface area contributed by atoms with Crippen LogP contribution in [0, 0.1) is 0 Å². The van der Waals surface area contributed by atoms with Crippen LogP contribution in [0.4, 0.5) is 0 Å². The van der Waals surface area contributed by atoms with Gasteiger partial charge in [0, 0.05) is 12.4 Å². The molecule has 0 amide bonds. The smallest absolute Gasteiger partial charge is 0.0589 e. The zero-order valence-corrected chi connectivity index (χ0v) is 4.39. The van der Waals surface area contributed by atoms with Crippen molar-refractivity contribution in [2.45, 2.75) is 7.43 Å². The third-order valence-corrected chi connectivity index (χ3v) is 0.849. The quantitative estimate of drug-likeness (QED) is 0.524. The Balaban J connectivity index is 0.000000490. The van der Waals surface area contributed by atoms with Crippen LogP contribution < -0.4 is 0 Å². The van der Waals surface area contributed by atoms with E-state index >= 15 is 0 Å². The zero-order chi connectivity index (χ0) is 5.11. The molecule has 2 heteroatoms. The zero-order valence-electron chi connectivity index (χ0n) is 3.63. The SMILES string of the molecule is C.Clc1cccnc1. The van der Waals surface area contributed by atoms with E-state index < -0.39 is 0 Å². The Morgan fingerprint density at radius 1 is 1.50 bits per heavy atom. The first-order valence-corrected chi connectivity index (χ1v) is 2.33. The molecule has 0 aliphatic carbocycles. The molecule has 0 aromatic carbocycles. The number of rotatable bonds is 0. The summed E-state index contributed by atoms with van der Waals surface area (Å²) in [7, 11) is 0. The summed E-state index contributed by atoms with van der Waals surface area (Å²) in [6, 6.07) is 3.58. The van der Waals surface area contributed by atoms with Crippen molar-refractivity contribution >= 4 is 11.6 Å². The van der Waals surface area contributed by atoms with E-state index in [4.69, 9.17) is 11.6 Å². The van der Waals surface area contributed by atoms with E-state index in [1.165, 1.54) is 0 Å². The third-order valence-electron chi connectivity index (χ3n) is 0.625. The first-order valence-electron chi connectivity index (χ1n) is 1.95. The average Bonchev–Trinajstić information content (AvgIpc) is 1.69. The fourth-order valence-corrected chi connectivity index (χ4v) is 0.471. The first kappa shape index (κ1) is 7.44. The van der Waals surface area contributed by atoms with Gasteiger partial charge in [-0.05, 0) is 12.1 Å². The lowest BCUT2D eigenvalue weighted by molar-refractivity contribution is 1.33. The van der Waals surface area contributed by atoms with Gasteiger partial charge in [-0.1, -0.05) is 19.0 Å². The Kier molecular flexibility index (Phi) is 3.20. The van der Waals surface area contributed by atoms with Gasteiger partial charge in [0.15, 0.2) is 0 Å². The molecular weight excluding hydrogens is 122 g/mol. The molecule has 0 unspecified atom stereocenters. The number of pyridine rings is 1. The monoisotopic (exact) mass is 129 g/mol. The van der Waals surface area contributed by atoms with Crippen LogP contribution in [0.25, 0.3) is 0 Å². The lowest BCUT2D eigenvalue weighted by atomic mass is 10.5. The summed E-state index contributed by atoms with van der Waals surface area (Å²) < 4.78 is 0. The van der Waals surface area contributed by atoms with Crippen molar-refractivity contribution in [3.8, 4) is 0 Å². The predicted molar refractivity (Wildman–Crippen MR) is 36.0 cm³/mol. The molecule has 0 N–H and O–H groups in total. The first-order chi connectivity index (χ1) is 3.39. The van der Waals surface area contributed by atoms with Crippen LogP contribution in [0.5, 0.6) is 0 Å². The second-order valence-electron chi connectivity index (χ2n) is 1.17. The molecule has 0 atom stereocenters. The molecular formula is C6H8ClN. The van der Waals surface area contributed by atoms with Gasteiger partial charge >= 0.3 is 0 Å². The van der Waals surface area contributed by atoms with Gasteiger partial charge in [-0.2, -0.15) is 0 Å². The Hall–Kier alpha value is -0.560. The Bertz CT molecular complexity index is 138. The number of aromatic nitrogens is 1. The normalized spacial score (nSPS) is 7.62. The second-order valence-corrected chi connectivity index (χ2v) is 1.61. The Labute approximate surface area is 54.3 Å². The summed E-state index contributed by atoms with van der Waals surface area (Å²) in [5.41, 5.74) is 0. The standard InChI is InChI=1S/C5H4ClN.CH4/c6-5-2-1-3-7-4-5;/h1-4H;1H4. The molecule has 0 bridgehead atoms. The molecule has 0 aliphatic rings. The van der Waals surface area contributed by atoms with Crippen molar-refractivity contribution in [3.05, 3.63) is 29.5 Å². The minimum Gasteiger partial charge on any atom is -0.263 e. The second kappa shape index (κ2) is 3.44. The molecule has 0 spiro atoms. The van der Waals surface area contributed by atoms with E-state index in [9.17, 15) is 0 Å². The highest BCUT2D eigenvalue weighted by atomic mass is 35.5. The van der Waals surface area contributed by atoms with Crippen LogP contribution in [0.1, 0.15) is 7.43 Å². The summed E-state index contributed by atoms with van der Waals surface area (Å²) in [6.07, 6.45) is 3.29. The van der Waals surface area contributed by atoms with E-state index in [2.05, 4.69) is 4.98 Å². The van der Waals surface area contributed by atoms with E-state index in [1.54, 1.807) is 24.5 Å². The van der Waals surface area contributed by atoms with Crippen molar-refractivity contribution in [2.24, 2.45) is 0 Å². The molecule has 0 saturated carbocycles. The molecule has 44 valence electrons. The van der Waals surface area contributed by atoms with Gasteiger partial charge in [-0.3, -0.25) is 4.98 Å². The average molecular weight is 130 g/mol. The number of hydrogen-bond acceptors (Lipinski definition) is 1. The summed E-state index contributed by atoms with van der Waals surface area (Å²) in [5, 5.41) is 0.683. The van der Waals surface area contributed by atoms with Crippen molar-refractivity contribution in [3.63, 3.8) is 0 Å². The van der Waals surface area contributed by atoms with Gasteiger partial charge in [0.05, 0.1) is 5.02 Å². The maximum atomic E-state index is 5.48. The fourth-order valence-electron chi connectivity index (χ4n) is 0.342. The molecule has 0 fully saturated rings. The largest absolute Gasteiger partial charge is 0.263 e. The van der Waals surface area contributed by atoms with E-state index in [0.29, 0.717) is 5.02 Å². The van der Waals surface area contributed by atoms with Crippen molar-refractivity contribution in [1.82, 2.24) is 4.98 Å². The fraction of sp³-hybridized carbons (Fsp3) is 0.167. The van der Waals surface area contributed by atoms with Crippen molar-refractivity contribution in [2.75, 3.05) is 0 Å². The summed E-state index contributed by atoms with van der Waals surface area (Å²) in [5.74, 6) is 0. The summed E-state index contributed by atoms with van der Waals surface area (Å²) in [4.78, 5) is 3.75. The van der Waals surface area contributed by atoms with Gasteiger partial charge in [0.1, 0.15) is 0 Å². The molecule has 8 heavy (non-hydrogen) atoms. The minimum absolute atomic E-state index is 0. The molecule has 1 aromatic heterocycles. The molecule has 0 radical (unpaired) electrons. The third kappa shape index (κ3) is 1.94. The van der Waals surface area contributed by atoms with E-state index in [1.807, 2.05) is 0 Å². The van der Waals surface area contributed by atoms with Crippen LogP contribution in [-0.2, 0) is 0 Å². The minimum atomic E-state index is 0. The maximum absolute atomic E-state index is 5.48.